The van der Waals surface area contributed by atoms with Gasteiger partial charge in [-0.25, -0.2) is 0 Å². The van der Waals surface area contributed by atoms with Crippen molar-refractivity contribution in [3.8, 4) is 5.75 Å². The fourth-order valence-electron chi connectivity index (χ4n) is 1.94. The highest BCUT2D eigenvalue weighted by molar-refractivity contribution is 5.43. The molecule has 1 saturated carbocycles. The zero-order chi connectivity index (χ0) is 13.1. The SMILES string of the molecule is COc1ccc([N+](=O)[O-])cc1COC1CC(N)C1. The summed E-state index contributed by atoms with van der Waals surface area (Å²) in [5.74, 6) is 0.601. The number of hydrogen-bond acceptors (Lipinski definition) is 5. The third kappa shape index (κ3) is 2.77. The van der Waals surface area contributed by atoms with Crippen molar-refractivity contribution in [2.45, 2.75) is 31.6 Å². The lowest BCUT2D eigenvalue weighted by Gasteiger charge is -2.32. The van der Waals surface area contributed by atoms with E-state index in [1.165, 1.54) is 19.2 Å². The molecule has 1 aromatic carbocycles. The monoisotopic (exact) mass is 252 g/mol. The highest BCUT2D eigenvalue weighted by Crippen LogP contribution is 2.27. The van der Waals surface area contributed by atoms with Crippen LogP contribution >= 0.6 is 0 Å². The van der Waals surface area contributed by atoms with E-state index in [0.717, 1.165) is 12.8 Å². The van der Waals surface area contributed by atoms with E-state index in [4.69, 9.17) is 15.2 Å². The van der Waals surface area contributed by atoms with Crippen LogP contribution in [0.4, 0.5) is 5.69 Å². The summed E-state index contributed by atoms with van der Waals surface area (Å²) in [5.41, 5.74) is 6.39. The number of methoxy groups -OCH3 is 1. The van der Waals surface area contributed by atoms with Crippen LogP contribution in [0.3, 0.4) is 0 Å². The first-order valence-electron chi connectivity index (χ1n) is 5.78. The van der Waals surface area contributed by atoms with E-state index in [-0.39, 0.29) is 17.8 Å². The summed E-state index contributed by atoms with van der Waals surface area (Å²) in [7, 11) is 1.53. The number of ether oxygens (including phenoxy) is 2. The fourth-order valence-corrected chi connectivity index (χ4v) is 1.94. The highest BCUT2D eigenvalue weighted by atomic mass is 16.6. The molecular weight excluding hydrogens is 236 g/mol. The minimum atomic E-state index is -0.428. The number of nitrogens with zero attached hydrogens (tertiary/aromatic N) is 1. The number of non-ortho nitro benzene ring substituents is 1. The van der Waals surface area contributed by atoms with Crippen LogP contribution in [0.15, 0.2) is 18.2 Å². The predicted octanol–water partition coefficient (Wildman–Crippen LogP) is 1.61. The van der Waals surface area contributed by atoms with E-state index in [9.17, 15) is 10.1 Å². The number of nitrogens with two attached hydrogens (primary N) is 1. The molecule has 2 rings (SSSR count). The third-order valence-electron chi connectivity index (χ3n) is 3.08. The summed E-state index contributed by atoms with van der Waals surface area (Å²) >= 11 is 0. The summed E-state index contributed by atoms with van der Waals surface area (Å²) in [6.45, 7) is 0.308. The summed E-state index contributed by atoms with van der Waals surface area (Å²) in [5, 5.41) is 10.7. The maximum Gasteiger partial charge on any atom is 0.270 e. The van der Waals surface area contributed by atoms with Gasteiger partial charge in [0.1, 0.15) is 5.75 Å². The normalized spacial score (nSPS) is 22.3. The van der Waals surface area contributed by atoms with Crippen LogP contribution < -0.4 is 10.5 Å². The van der Waals surface area contributed by atoms with Gasteiger partial charge in [-0.05, 0) is 18.9 Å². The second kappa shape index (κ2) is 5.32. The van der Waals surface area contributed by atoms with Gasteiger partial charge in [0.2, 0.25) is 0 Å². The van der Waals surface area contributed by atoms with Gasteiger partial charge in [-0.15, -0.1) is 0 Å². The van der Waals surface area contributed by atoms with Crippen LogP contribution in [0.25, 0.3) is 0 Å². The lowest BCUT2D eigenvalue weighted by Crippen LogP contribution is -2.41. The van der Waals surface area contributed by atoms with Crippen LogP contribution in [-0.2, 0) is 11.3 Å². The topological polar surface area (TPSA) is 87.6 Å². The molecule has 0 saturated heterocycles. The van der Waals surface area contributed by atoms with Gasteiger partial charge in [-0.1, -0.05) is 0 Å². The second-order valence-electron chi connectivity index (χ2n) is 4.42. The average Bonchev–Trinajstić information content (AvgIpc) is 2.32. The Hall–Kier alpha value is -1.66. The van der Waals surface area contributed by atoms with Crippen LogP contribution in [0.5, 0.6) is 5.75 Å². The molecule has 0 spiro atoms. The first kappa shape index (κ1) is 12.8. The summed E-state index contributed by atoms with van der Waals surface area (Å²) < 4.78 is 10.8. The lowest BCUT2D eigenvalue weighted by molar-refractivity contribution is -0.385. The number of benzene rings is 1. The lowest BCUT2D eigenvalue weighted by atomic mass is 9.90. The van der Waals surface area contributed by atoms with Gasteiger partial charge >= 0.3 is 0 Å². The number of nitro groups is 1. The van der Waals surface area contributed by atoms with Gasteiger partial charge in [0, 0.05) is 23.7 Å². The van der Waals surface area contributed by atoms with E-state index < -0.39 is 4.92 Å². The molecule has 18 heavy (non-hydrogen) atoms. The summed E-state index contributed by atoms with van der Waals surface area (Å²) in [4.78, 5) is 10.3. The van der Waals surface area contributed by atoms with E-state index in [1.54, 1.807) is 6.07 Å². The average molecular weight is 252 g/mol. The van der Waals surface area contributed by atoms with Crippen LogP contribution in [0.2, 0.25) is 0 Å². The van der Waals surface area contributed by atoms with Crippen LogP contribution in [-0.4, -0.2) is 24.2 Å². The molecule has 98 valence electrons. The van der Waals surface area contributed by atoms with Crippen molar-refractivity contribution >= 4 is 5.69 Å². The number of nitro benzene ring substituents is 1. The molecule has 0 aromatic heterocycles. The molecule has 1 aliphatic rings. The standard InChI is InChI=1S/C12H16N2O4/c1-17-12-3-2-10(14(15)16)4-8(12)7-18-11-5-9(13)6-11/h2-4,9,11H,5-7,13H2,1H3. The molecule has 1 aromatic rings. The Morgan fingerprint density at radius 3 is 2.78 bits per heavy atom. The minimum Gasteiger partial charge on any atom is -0.496 e. The van der Waals surface area contributed by atoms with Crippen molar-refractivity contribution in [3.05, 3.63) is 33.9 Å². The van der Waals surface area contributed by atoms with Gasteiger partial charge in [0.25, 0.3) is 5.69 Å². The Morgan fingerprint density at radius 2 is 2.22 bits per heavy atom. The molecule has 0 radical (unpaired) electrons. The van der Waals surface area contributed by atoms with Gasteiger partial charge in [0.05, 0.1) is 24.7 Å². The highest BCUT2D eigenvalue weighted by Gasteiger charge is 2.26. The summed E-state index contributed by atoms with van der Waals surface area (Å²) in [6.07, 6.45) is 1.85. The first-order valence-corrected chi connectivity index (χ1v) is 5.78. The molecule has 1 fully saturated rings. The Labute approximate surface area is 105 Å². The maximum atomic E-state index is 10.7. The molecule has 6 nitrogen and oxygen atoms in total. The van der Waals surface area contributed by atoms with E-state index in [1.807, 2.05) is 0 Å². The van der Waals surface area contributed by atoms with E-state index in [0.29, 0.717) is 17.9 Å². The molecule has 0 bridgehead atoms. The fraction of sp³-hybridized carbons (Fsp3) is 0.500. The van der Waals surface area contributed by atoms with Crippen molar-refractivity contribution in [1.29, 1.82) is 0 Å². The Bertz CT molecular complexity index is 444. The predicted molar refractivity (Wildman–Crippen MR) is 65.4 cm³/mol. The second-order valence-corrected chi connectivity index (χ2v) is 4.42. The van der Waals surface area contributed by atoms with E-state index in [2.05, 4.69) is 0 Å². The molecule has 0 atom stereocenters. The van der Waals surface area contributed by atoms with Crippen molar-refractivity contribution in [1.82, 2.24) is 0 Å². The van der Waals surface area contributed by atoms with E-state index >= 15 is 0 Å². The zero-order valence-electron chi connectivity index (χ0n) is 10.2. The largest absolute Gasteiger partial charge is 0.496 e. The van der Waals surface area contributed by atoms with Crippen molar-refractivity contribution < 1.29 is 14.4 Å². The number of rotatable bonds is 5. The third-order valence-corrected chi connectivity index (χ3v) is 3.08. The smallest absolute Gasteiger partial charge is 0.270 e. The molecule has 1 aliphatic carbocycles. The zero-order valence-corrected chi connectivity index (χ0v) is 10.2. The molecule has 6 heteroatoms. The molecule has 0 aliphatic heterocycles. The number of hydrogen-bond donors (Lipinski definition) is 1. The molecule has 0 heterocycles. The Morgan fingerprint density at radius 1 is 1.50 bits per heavy atom. The van der Waals surface area contributed by atoms with Crippen molar-refractivity contribution in [2.75, 3.05) is 7.11 Å². The molecule has 2 N–H and O–H groups in total. The summed E-state index contributed by atoms with van der Waals surface area (Å²) in [6, 6.07) is 4.71. The quantitative estimate of drug-likeness (QED) is 0.635. The van der Waals surface area contributed by atoms with Crippen molar-refractivity contribution in [3.63, 3.8) is 0 Å². The first-order chi connectivity index (χ1) is 8.60. The van der Waals surface area contributed by atoms with Crippen molar-refractivity contribution in [2.24, 2.45) is 5.73 Å². The Balaban J connectivity index is 2.04. The van der Waals surface area contributed by atoms with Gasteiger partial charge < -0.3 is 15.2 Å². The molecular formula is C12H16N2O4. The molecule has 0 amide bonds. The van der Waals surface area contributed by atoms with Crippen LogP contribution in [0.1, 0.15) is 18.4 Å². The van der Waals surface area contributed by atoms with Gasteiger partial charge in [0.15, 0.2) is 0 Å². The maximum absolute atomic E-state index is 10.7. The van der Waals surface area contributed by atoms with Crippen LogP contribution in [0, 0.1) is 10.1 Å². The van der Waals surface area contributed by atoms with Gasteiger partial charge in [-0.3, -0.25) is 10.1 Å². The van der Waals surface area contributed by atoms with Gasteiger partial charge in [-0.2, -0.15) is 0 Å². The Kier molecular flexibility index (Phi) is 3.78. The minimum absolute atomic E-state index is 0.0414. The molecule has 0 unspecified atom stereocenters.